The van der Waals surface area contributed by atoms with E-state index < -0.39 is 11.6 Å². The molecular formula is C25H28F2. The van der Waals surface area contributed by atoms with Crippen LogP contribution in [0.25, 0.3) is 0 Å². The summed E-state index contributed by atoms with van der Waals surface area (Å²) in [4.78, 5) is 0. The molecule has 2 atom stereocenters. The average molecular weight is 366 g/mol. The maximum Gasteiger partial charge on any atom is 0.159 e. The summed E-state index contributed by atoms with van der Waals surface area (Å²) in [6.07, 6.45) is 13.8. The van der Waals surface area contributed by atoms with E-state index in [0.29, 0.717) is 11.8 Å². The first kappa shape index (κ1) is 18.4. The van der Waals surface area contributed by atoms with E-state index in [-0.39, 0.29) is 0 Å². The Morgan fingerprint density at radius 1 is 0.926 bits per heavy atom. The van der Waals surface area contributed by atoms with Gasteiger partial charge in [-0.05, 0) is 96.7 Å². The molecule has 4 rings (SSSR count). The van der Waals surface area contributed by atoms with Crippen LogP contribution in [0.3, 0.4) is 0 Å². The molecule has 27 heavy (non-hydrogen) atoms. The highest BCUT2D eigenvalue weighted by molar-refractivity contribution is 5.46. The van der Waals surface area contributed by atoms with Crippen molar-refractivity contribution in [3.05, 3.63) is 81.9 Å². The fraction of sp³-hybridized carbons (Fsp3) is 0.440. The minimum atomic E-state index is -0.758. The molecule has 0 aliphatic heterocycles. The normalized spacial score (nSPS) is 21.9. The maximum absolute atomic E-state index is 13.6. The second-order valence-corrected chi connectivity index (χ2v) is 8.17. The summed E-state index contributed by atoms with van der Waals surface area (Å²) in [5, 5.41) is 0. The van der Waals surface area contributed by atoms with E-state index in [1.807, 2.05) is 0 Å². The second kappa shape index (κ2) is 7.96. The van der Waals surface area contributed by atoms with Gasteiger partial charge in [-0.2, -0.15) is 0 Å². The molecule has 0 nitrogen and oxygen atoms in total. The Balaban J connectivity index is 1.52. The van der Waals surface area contributed by atoms with Gasteiger partial charge in [-0.25, -0.2) is 8.78 Å². The van der Waals surface area contributed by atoms with Crippen molar-refractivity contribution in [3.63, 3.8) is 0 Å². The molecule has 0 aromatic heterocycles. The van der Waals surface area contributed by atoms with Crippen molar-refractivity contribution in [2.75, 3.05) is 0 Å². The third-order valence-corrected chi connectivity index (χ3v) is 6.36. The van der Waals surface area contributed by atoms with Gasteiger partial charge in [0.15, 0.2) is 11.6 Å². The van der Waals surface area contributed by atoms with Crippen LogP contribution in [0.2, 0.25) is 0 Å². The van der Waals surface area contributed by atoms with Crippen LogP contribution in [0.1, 0.15) is 66.3 Å². The Bertz CT molecular complexity index is 850. The van der Waals surface area contributed by atoms with E-state index in [4.69, 9.17) is 0 Å². The lowest BCUT2D eigenvalue weighted by Crippen LogP contribution is -2.20. The summed E-state index contributed by atoms with van der Waals surface area (Å²) in [6.45, 7) is 2.22. The van der Waals surface area contributed by atoms with E-state index in [9.17, 15) is 8.78 Å². The molecule has 0 amide bonds. The number of hydrogen-bond acceptors (Lipinski definition) is 0. The fourth-order valence-corrected chi connectivity index (χ4v) is 4.87. The first-order chi connectivity index (χ1) is 13.2. The number of allylic oxidation sites excluding steroid dienone is 2. The van der Waals surface area contributed by atoms with E-state index in [2.05, 4.69) is 31.2 Å². The minimum absolute atomic E-state index is 0.291. The number of fused-ring (bicyclic) bond motifs is 3. The van der Waals surface area contributed by atoms with E-state index in [0.717, 1.165) is 31.2 Å². The molecular weight excluding hydrogens is 338 g/mol. The molecule has 0 saturated heterocycles. The number of rotatable bonds is 4. The van der Waals surface area contributed by atoms with Crippen molar-refractivity contribution >= 4 is 0 Å². The zero-order valence-corrected chi connectivity index (χ0v) is 16.1. The van der Waals surface area contributed by atoms with Crippen LogP contribution in [0.15, 0.2) is 42.5 Å². The van der Waals surface area contributed by atoms with Gasteiger partial charge in [0, 0.05) is 0 Å². The van der Waals surface area contributed by atoms with Crippen molar-refractivity contribution < 1.29 is 8.78 Å². The van der Waals surface area contributed by atoms with Crippen molar-refractivity contribution in [2.24, 2.45) is 5.92 Å². The number of unbranched alkanes of at least 4 members (excludes halogenated alkanes) is 1. The molecule has 0 saturated carbocycles. The van der Waals surface area contributed by atoms with Gasteiger partial charge in [0.25, 0.3) is 0 Å². The predicted molar refractivity (Wildman–Crippen MR) is 107 cm³/mol. The zero-order valence-electron chi connectivity index (χ0n) is 16.1. The molecule has 0 radical (unpaired) electrons. The Hall–Kier alpha value is -1.96. The van der Waals surface area contributed by atoms with Gasteiger partial charge in [-0.1, -0.05) is 43.7 Å². The first-order valence-corrected chi connectivity index (χ1v) is 10.4. The van der Waals surface area contributed by atoms with Gasteiger partial charge < -0.3 is 0 Å². The van der Waals surface area contributed by atoms with Crippen molar-refractivity contribution in [1.82, 2.24) is 0 Å². The van der Waals surface area contributed by atoms with Crippen LogP contribution in [-0.2, 0) is 25.7 Å². The summed E-state index contributed by atoms with van der Waals surface area (Å²) in [6, 6.07) is 9.01. The highest BCUT2D eigenvalue weighted by Gasteiger charge is 2.26. The summed E-state index contributed by atoms with van der Waals surface area (Å²) in [7, 11) is 0. The summed E-state index contributed by atoms with van der Waals surface area (Å²) >= 11 is 0. The van der Waals surface area contributed by atoms with Crippen LogP contribution >= 0.6 is 0 Å². The Kier molecular flexibility index (Phi) is 5.43. The van der Waals surface area contributed by atoms with Gasteiger partial charge in [0.1, 0.15) is 0 Å². The van der Waals surface area contributed by atoms with Crippen molar-refractivity contribution in [3.8, 4) is 0 Å². The Labute approximate surface area is 161 Å². The molecule has 0 heterocycles. The predicted octanol–water partition coefficient (Wildman–Crippen LogP) is 6.70. The molecule has 0 spiro atoms. The summed E-state index contributed by atoms with van der Waals surface area (Å²) in [5.74, 6) is -0.517. The van der Waals surface area contributed by atoms with Gasteiger partial charge in [-0.3, -0.25) is 0 Å². The molecule has 0 fully saturated rings. The number of hydrogen-bond donors (Lipinski definition) is 0. The van der Waals surface area contributed by atoms with Crippen molar-refractivity contribution in [1.29, 1.82) is 0 Å². The largest absolute Gasteiger partial charge is 0.204 e. The number of benzene rings is 2. The van der Waals surface area contributed by atoms with E-state index >= 15 is 0 Å². The van der Waals surface area contributed by atoms with Crippen LogP contribution in [0.4, 0.5) is 8.78 Å². The van der Waals surface area contributed by atoms with Gasteiger partial charge in [0.2, 0.25) is 0 Å². The molecule has 0 N–H and O–H groups in total. The van der Waals surface area contributed by atoms with Crippen LogP contribution in [-0.4, -0.2) is 0 Å². The molecule has 2 aromatic carbocycles. The van der Waals surface area contributed by atoms with E-state index in [1.165, 1.54) is 48.9 Å². The average Bonchev–Trinajstić information content (AvgIpc) is 2.69. The molecule has 2 aliphatic rings. The fourth-order valence-electron chi connectivity index (χ4n) is 4.87. The van der Waals surface area contributed by atoms with Crippen LogP contribution < -0.4 is 0 Å². The SMILES string of the molecule is CCC/C=C/[C@H]1CCc2c(ccc3c2CC[C@H](c2ccc(F)c(F)c2)C3)C1. The molecule has 2 heteroatoms. The summed E-state index contributed by atoms with van der Waals surface area (Å²) < 4.78 is 26.9. The van der Waals surface area contributed by atoms with Gasteiger partial charge in [0.05, 0.1) is 0 Å². The lowest BCUT2D eigenvalue weighted by atomic mass is 9.74. The standard InChI is InChI=1S/C25H28F2/c1-2-3-4-5-17-6-11-22-20(14-17)7-8-21-15-18(9-12-23(21)22)19-10-13-24(26)25(27)16-19/h4-5,7-8,10,13,16-18H,2-3,6,9,11-12,14-15H2,1H3/b5-4+/t17-,18-/m0/s1. The first-order valence-electron chi connectivity index (χ1n) is 10.4. The molecule has 2 aliphatic carbocycles. The second-order valence-electron chi connectivity index (χ2n) is 8.17. The van der Waals surface area contributed by atoms with Gasteiger partial charge in [-0.15, -0.1) is 0 Å². The summed E-state index contributed by atoms with van der Waals surface area (Å²) in [5.41, 5.74) is 6.99. The zero-order chi connectivity index (χ0) is 18.8. The quantitative estimate of drug-likeness (QED) is 0.528. The molecule has 0 unspecified atom stereocenters. The monoisotopic (exact) mass is 366 g/mol. The lowest BCUT2D eigenvalue weighted by Gasteiger charge is -2.31. The Morgan fingerprint density at radius 3 is 2.41 bits per heavy atom. The van der Waals surface area contributed by atoms with Crippen LogP contribution in [0.5, 0.6) is 0 Å². The minimum Gasteiger partial charge on any atom is -0.204 e. The highest BCUT2D eigenvalue weighted by atomic mass is 19.2. The molecule has 142 valence electrons. The van der Waals surface area contributed by atoms with Gasteiger partial charge >= 0.3 is 0 Å². The number of halogens is 2. The van der Waals surface area contributed by atoms with E-state index in [1.54, 1.807) is 17.2 Å². The topological polar surface area (TPSA) is 0 Å². The van der Waals surface area contributed by atoms with Crippen molar-refractivity contribution in [2.45, 2.75) is 64.2 Å². The Morgan fingerprint density at radius 2 is 1.67 bits per heavy atom. The van der Waals surface area contributed by atoms with Crippen LogP contribution in [0, 0.1) is 17.6 Å². The lowest BCUT2D eigenvalue weighted by molar-refractivity contribution is 0.500. The molecule has 0 bridgehead atoms. The highest BCUT2D eigenvalue weighted by Crippen LogP contribution is 2.38. The smallest absolute Gasteiger partial charge is 0.159 e. The maximum atomic E-state index is 13.6. The molecule has 2 aromatic rings. The third-order valence-electron chi connectivity index (χ3n) is 6.36. The third kappa shape index (κ3) is 3.85.